The van der Waals surface area contributed by atoms with Crippen molar-refractivity contribution in [3.8, 4) is 28.3 Å². The Morgan fingerprint density at radius 3 is 2.24 bits per heavy atom. The van der Waals surface area contributed by atoms with Crippen LogP contribution in [0.25, 0.3) is 22.4 Å². The molecule has 216 valence electrons. The molecule has 2 unspecified atom stereocenters. The number of carboxylic acid groups (broad SMARTS) is 1. The summed E-state index contributed by atoms with van der Waals surface area (Å²) in [7, 11) is 0. The maximum atomic E-state index is 13.8. The van der Waals surface area contributed by atoms with Crippen LogP contribution >= 0.6 is 0 Å². The molecule has 7 nitrogen and oxygen atoms in total. The first-order chi connectivity index (χ1) is 19.9. The van der Waals surface area contributed by atoms with Gasteiger partial charge < -0.3 is 9.84 Å². The number of anilines is 1. The summed E-state index contributed by atoms with van der Waals surface area (Å²) < 4.78 is 85.6. The molecule has 0 aliphatic carbocycles. The largest absolute Gasteiger partial charge is 0.481 e. The normalized spacial score (nSPS) is 17.0. The highest BCUT2D eigenvalue weighted by Crippen LogP contribution is 2.37. The van der Waals surface area contributed by atoms with E-state index in [4.69, 9.17) is 4.74 Å². The van der Waals surface area contributed by atoms with E-state index in [9.17, 15) is 36.2 Å². The monoisotopic (exact) mass is 586 g/mol. The summed E-state index contributed by atoms with van der Waals surface area (Å²) in [6.07, 6.45) is -7.10. The molecular formula is C29H20F6N4O3. The molecule has 5 rings (SSSR count). The molecule has 42 heavy (non-hydrogen) atoms. The van der Waals surface area contributed by atoms with Gasteiger partial charge in [-0.1, -0.05) is 42.5 Å². The summed E-state index contributed by atoms with van der Waals surface area (Å²) in [6, 6.07) is 16.8. The molecular weight excluding hydrogens is 566 g/mol. The number of carboxylic acids is 1. The Morgan fingerprint density at radius 2 is 1.60 bits per heavy atom. The maximum absolute atomic E-state index is 13.8. The van der Waals surface area contributed by atoms with Crippen LogP contribution in [-0.2, 0) is 17.6 Å². The predicted molar refractivity (Wildman–Crippen MR) is 141 cm³/mol. The van der Waals surface area contributed by atoms with Crippen LogP contribution in [0.15, 0.2) is 90.2 Å². The molecule has 0 fully saturated rings. The summed E-state index contributed by atoms with van der Waals surface area (Å²) >= 11 is 0. The molecule has 2 aromatic heterocycles. The van der Waals surface area contributed by atoms with Crippen LogP contribution in [-0.4, -0.2) is 39.5 Å². The highest BCUT2D eigenvalue weighted by molar-refractivity contribution is 5.92. The lowest BCUT2D eigenvalue weighted by Crippen LogP contribution is -2.47. The number of hydrogen-bond acceptors (Lipinski definition) is 6. The smallest absolute Gasteiger partial charge is 0.416 e. The van der Waals surface area contributed by atoms with Crippen molar-refractivity contribution in [1.82, 2.24) is 9.97 Å². The number of hydrazone groups is 1. The highest BCUT2D eigenvalue weighted by Gasteiger charge is 2.54. The standard InChI is InChI=1S/C29H20F6N4O3/c30-28(31,32)20-11-8-17(9-12-20)18-10-13-25(36-14-18)42-16-19-4-1-2-5-21(19)23-6-3-7-24(38-23)39-26(29(33,34)35)22(15-37-39)27(40)41/h1-15,22,26H,16H2,(H,40,41). The number of halogens is 6. The second-order valence-electron chi connectivity index (χ2n) is 9.25. The number of benzene rings is 2. The fraction of sp³-hybridized carbons (Fsp3) is 0.172. The number of carbonyl (C=O) groups is 1. The molecule has 0 bridgehead atoms. The van der Waals surface area contributed by atoms with Crippen molar-refractivity contribution in [3.05, 3.63) is 96.2 Å². The van der Waals surface area contributed by atoms with Gasteiger partial charge in [-0.2, -0.15) is 31.4 Å². The van der Waals surface area contributed by atoms with Crippen LogP contribution in [0.5, 0.6) is 5.88 Å². The van der Waals surface area contributed by atoms with Crippen LogP contribution in [0.1, 0.15) is 11.1 Å². The molecule has 0 saturated carbocycles. The van der Waals surface area contributed by atoms with E-state index in [1.165, 1.54) is 30.5 Å². The van der Waals surface area contributed by atoms with E-state index >= 15 is 0 Å². The number of hydrogen-bond donors (Lipinski definition) is 1. The number of rotatable bonds is 7. The molecule has 2 atom stereocenters. The fourth-order valence-corrected chi connectivity index (χ4v) is 4.43. The van der Waals surface area contributed by atoms with Crippen LogP contribution in [0, 0.1) is 5.92 Å². The first kappa shape index (κ1) is 28.6. The van der Waals surface area contributed by atoms with Gasteiger partial charge in [-0.15, -0.1) is 0 Å². The minimum atomic E-state index is -4.88. The van der Waals surface area contributed by atoms with Gasteiger partial charge in [0.1, 0.15) is 18.3 Å². The lowest BCUT2D eigenvalue weighted by Gasteiger charge is -2.27. The van der Waals surface area contributed by atoms with Crippen LogP contribution in [0.2, 0.25) is 0 Å². The average Bonchev–Trinajstić information content (AvgIpc) is 3.43. The van der Waals surface area contributed by atoms with Gasteiger partial charge in [0.2, 0.25) is 5.88 Å². The molecule has 0 amide bonds. The quantitative estimate of drug-likeness (QED) is 0.239. The lowest BCUT2D eigenvalue weighted by molar-refractivity contribution is -0.166. The van der Waals surface area contributed by atoms with Gasteiger partial charge in [0.05, 0.1) is 11.3 Å². The predicted octanol–water partition coefficient (Wildman–Crippen LogP) is 6.85. The van der Waals surface area contributed by atoms with E-state index in [2.05, 4.69) is 15.1 Å². The molecule has 0 radical (unpaired) electrons. The number of nitrogens with zero attached hydrogens (tertiary/aromatic N) is 4. The van der Waals surface area contributed by atoms with E-state index in [0.29, 0.717) is 33.0 Å². The molecule has 2 aromatic carbocycles. The number of alkyl halides is 6. The van der Waals surface area contributed by atoms with Gasteiger partial charge in [-0.25, -0.2) is 15.0 Å². The van der Waals surface area contributed by atoms with Gasteiger partial charge in [0.15, 0.2) is 6.04 Å². The van der Waals surface area contributed by atoms with E-state index in [1.807, 2.05) is 0 Å². The Kier molecular flexibility index (Phi) is 7.59. The number of aromatic nitrogens is 2. The maximum Gasteiger partial charge on any atom is 0.416 e. The Labute approximate surface area is 234 Å². The van der Waals surface area contributed by atoms with Crippen LogP contribution in [0.3, 0.4) is 0 Å². The topological polar surface area (TPSA) is 87.9 Å². The molecule has 0 saturated heterocycles. The molecule has 13 heteroatoms. The highest BCUT2D eigenvalue weighted by atomic mass is 19.4. The number of pyridine rings is 2. The summed E-state index contributed by atoms with van der Waals surface area (Å²) in [5.41, 5.74) is 1.88. The van der Waals surface area contributed by atoms with Crippen molar-refractivity contribution in [2.45, 2.75) is 25.0 Å². The van der Waals surface area contributed by atoms with Crippen molar-refractivity contribution < 1.29 is 41.0 Å². The summed E-state index contributed by atoms with van der Waals surface area (Å²) in [6.45, 7) is 0.0167. The third-order valence-electron chi connectivity index (χ3n) is 6.50. The summed E-state index contributed by atoms with van der Waals surface area (Å²) in [5, 5.41) is 13.5. The summed E-state index contributed by atoms with van der Waals surface area (Å²) in [5.74, 6) is -3.47. The second-order valence-corrected chi connectivity index (χ2v) is 9.25. The van der Waals surface area contributed by atoms with E-state index in [1.54, 1.807) is 42.5 Å². The van der Waals surface area contributed by atoms with Crippen LogP contribution in [0.4, 0.5) is 32.2 Å². The van der Waals surface area contributed by atoms with Crippen LogP contribution < -0.4 is 9.75 Å². The molecule has 1 aliphatic heterocycles. The minimum Gasteiger partial charge on any atom is -0.481 e. The van der Waals surface area contributed by atoms with E-state index in [-0.39, 0.29) is 18.3 Å². The third-order valence-corrected chi connectivity index (χ3v) is 6.50. The second kappa shape index (κ2) is 11.1. The van der Waals surface area contributed by atoms with Gasteiger partial charge in [0.25, 0.3) is 0 Å². The molecule has 3 heterocycles. The van der Waals surface area contributed by atoms with E-state index < -0.39 is 35.8 Å². The Balaban J connectivity index is 1.33. The lowest BCUT2D eigenvalue weighted by atomic mass is 10.0. The molecule has 4 aromatic rings. The first-order valence-electron chi connectivity index (χ1n) is 12.4. The average molecular weight is 586 g/mol. The van der Waals surface area contributed by atoms with Gasteiger partial charge in [0, 0.05) is 29.6 Å². The summed E-state index contributed by atoms with van der Waals surface area (Å²) in [4.78, 5) is 20.0. The molecule has 0 spiro atoms. The number of aliphatic carboxylic acids is 1. The van der Waals surface area contributed by atoms with Gasteiger partial charge >= 0.3 is 18.3 Å². The third kappa shape index (κ3) is 6.04. The first-order valence-corrected chi connectivity index (χ1v) is 12.4. The van der Waals surface area contributed by atoms with Crippen molar-refractivity contribution in [1.29, 1.82) is 0 Å². The van der Waals surface area contributed by atoms with Crippen molar-refractivity contribution in [2.75, 3.05) is 5.01 Å². The van der Waals surface area contributed by atoms with Crippen molar-refractivity contribution >= 4 is 18.0 Å². The van der Waals surface area contributed by atoms with Gasteiger partial charge in [-0.05, 0) is 41.5 Å². The Hall–Kier alpha value is -4.94. The molecule has 1 aliphatic rings. The SMILES string of the molecule is O=C(O)C1C=NN(c2cccc(-c3ccccc3COc3ccc(-c4ccc(C(F)(F)F)cc4)cn3)n2)C1C(F)(F)F. The zero-order valence-corrected chi connectivity index (χ0v) is 21.3. The van der Waals surface area contributed by atoms with Crippen molar-refractivity contribution in [3.63, 3.8) is 0 Å². The zero-order valence-electron chi connectivity index (χ0n) is 21.3. The Morgan fingerprint density at radius 1 is 0.881 bits per heavy atom. The Bertz CT molecular complexity index is 1610. The molecule has 1 N–H and O–H groups in total. The van der Waals surface area contributed by atoms with E-state index in [0.717, 1.165) is 18.3 Å². The van der Waals surface area contributed by atoms with Gasteiger partial charge in [-0.3, -0.25) is 4.79 Å². The minimum absolute atomic E-state index is 0.0167. The zero-order chi connectivity index (χ0) is 30.1. The number of ether oxygens (including phenoxy) is 1. The fourth-order valence-electron chi connectivity index (χ4n) is 4.43. The van der Waals surface area contributed by atoms with Crippen molar-refractivity contribution in [2.24, 2.45) is 11.0 Å².